The summed E-state index contributed by atoms with van der Waals surface area (Å²) in [6.07, 6.45) is 1.29. The van der Waals surface area contributed by atoms with Gasteiger partial charge >= 0.3 is 0 Å². The number of pyridine rings is 1. The highest BCUT2D eigenvalue weighted by Gasteiger charge is 2.27. The van der Waals surface area contributed by atoms with Gasteiger partial charge in [-0.3, -0.25) is 0 Å². The summed E-state index contributed by atoms with van der Waals surface area (Å²) >= 11 is 7.75. The van der Waals surface area contributed by atoms with Crippen LogP contribution >= 0.6 is 22.9 Å². The summed E-state index contributed by atoms with van der Waals surface area (Å²) in [7, 11) is 6.02. The number of piperazine rings is 1. The van der Waals surface area contributed by atoms with Crippen LogP contribution in [-0.4, -0.2) is 73.6 Å². The third-order valence-corrected chi connectivity index (χ3v) is 8.14. The molecular weight excluding hydrogens is 528 g/mol. The first kappa shape index (κ1) is 26.5. The van der Waals surface area contributed by atoms with Crippen LogP contribution in [0.5, 0.6) is 0 Å². The largest absolute Gasteiger partial charge is 0.375 e. The molecule has 2 aromatic carbocycles. The van der Waals surface area contributed by atoms with Gasteiger partial charge in [-0.1, -0.05) is 22.9 Å². The minimum absolute atomic E-state index is 0.0928. The first-order valence-electron chi connectivity index (χ1n) is 12.4. The molecular formula is C27H28ClF2N7S. The van der Waals surface area contributed by atoms with Gasteiger partial charge in [-0.05, 0) is 58.7 Å². The Kier molecular flexibility index (Phi) is 7.38. The zero-order valence-corrected chi connectivity index (χ0v) is 23.1. The average molecular weight is 556 g/mol. The van der Waals surface area contributed by atoms with Gasteiger partial charge in [0.1, 0.15) is 17.4 Å². The summed E-state index contributed by atoms with van der Waals surface area (Å²) in [5, 5.41) is 11.1. The first-order valence-corrected chi connectivity index (χ1v) is 13.6. The lowest BCUT2D eigenvalue weighted by molar-refractivity contribution is 0.313. The van der Waals surface area contributed by atoms with Crippen molar-refractivity contribution in [2.24, 2.45) is 0 Å². The molecule has 0 atom stereocenters. The van der Waals surface area contributed by atoms with E-state index in [1.165, 1.54) is 12.1 Å². The van der Waals surface area contributed by atoms with E-state index in [9.17, 15) is 9.65 Å². The number of likely N-dealkylation sites (N-methyl/N-ethyl adjacent to an activating group) is 1. The van der Waals surface area contributed by atoms with E-state index in [1.807, 2.05) is 14.1 Å². The lowest BCUT2D eigenvalue weighted by atomic mass is 9.97. The molecule has 11 heteroatoms. The highest BCUT2D eigenvalue weighted by Crippen LogP contribution is 2.43. The number of thiazole rings is 1. The molecule has 1 fully saturated rings. The van der Waals surface area contributed by atoms with Crippen molar-refractivity contribution in [3.8, 4) is 17.2 Å². The second-order valence-electron chi connectivity index (χ2n) is 9.86. The Labute approximate surface area is 229 Å². The molecule has 2 aromatic heterocycles. The van der Waals surface area contributed by atoms with Gasteiger partial charge in [0.05, 0.1) is 32.2 Å². The molecule has 198 valence electrons. The number of nitrogens with two attached hydrogens (primary N) is 1. The molecule has 0 bridgehead atoms. The number of aryl methyl sites for hydroxylation is 1. The maximum atomic E-state index is 16.5. The van der Waals surface area contributed by atoms with Gasteiger partial charge in [0.2, 0.25) is 0 Å². The van der Waals surface area contributed by atoms with Crippen molar-refractivity contribution in [2.45, 2.75) is 12.8 Å². The van der Waals surface area contributed by atoms with Gasteiger partial charge < -0.3 is 20.4 Å². The summed E-state index contributed by atoms with van der Waals surface area (Å²) < 4.78 is 31.2. The van der Waals surface area contributed by atoms with E-state index in [-0.39, 0.29) is 31.5 Å². The first-order chi connectivity index (χ1) is 18.2. The fourth-order valence-electron chi connectivity index (χ4n) is 5.02. The maximum Gasteiger partial charge on any atom is 0.181 e. The lowest BCUT2D eigenvalue weighted by Crippen LogP contribution is -2.45. The number of anilines is 2. The molecule has 1 saturated heterocycles. The van der Waals surface area contributed by atoms with Crippen LogP contribution in [-0.2, 0) is 6.42 Å². The quantitative estimate of drug-likeness (QED) is 0.352. The Morgan fingerprint density at radius 2 is 1.89 bits per heavy atom. The van der Waals surface area contributed by atoms with Crippen LogP contribution in [0.4, 0.5) is 19.6 Å². The third-order valence-electron chi connectivity index (χ3n) is 6.95. The van der Waals surface area contributed by atoms with Gasteiger partial charge in [-0.2, -0.15) is 5.26 Å². The molecule has 38 heavy (non-hydrogen) atoms. The third kappa shape index (κ3) is 4.76. The van der Waals surface area contributed by atoms with Crippen molar-refractivity contribution in [2.75, 3.05) is 64.5 Å². The number of nitriles is 1. The zero-order valence-electron chi connectivity index (χ0n) is 21.5. The minimum Gasteiger partial charge on any atom is -0.375 e. The molecule has 0 amide bonds. The van der Waals surface area contributed by atoms with E-state index in [4.69, 9.17) is 22.3 Å². The molecule has 4 aromatic rings. The molecule has 5 rings (SSSR count). The Morgan fingerprint density at radius 3 is 2.58 bits per heavy atom. The number of benzene rings is 2. The Hall–Kier alpha value is -3.10. The number of nitrogen functional groups attached to an aromatic ring is 1. The molecule has 0 aliphatic carbocycles. The van der Waals surface area contributed by atoms with Gasteiger partial charge in [0.15, 0.2) is 10.9 Å². The second-order valence-corrected chi connectivity index (χ2v) is 11.3. The van der Waals surface area contributed by atoms with Gasteiger partial charge in [-0.15, -0.1) is 0 Å². The molecule has 0 unspecified atom stereocenters. The van der Waals surface area contributed by atoms with Crippen molar-refractivity contribution < 1.29 is 8.78 Å². The molecule has 2 N–H and O–H groups in total. The number of hydrogen-bond donors (Lipinski definition) is 1. The van der Waals surface area contributed by atoms with Crippen LogP contribution in [0.25, 0.3) is 32.2 Å². The molecule has 0 spiro atoms. The minimum atomic E-state index is -0.624. The van der Waals surface area contributed by atoms with Crippen LogP contribution < -0.4 is 10.6 Å². The van der Waals surface area contributed by atoms with E-state index in [1.54, 1.807) is 6.07 Å². The number of nitrogens with zero attached hydrogens (tertiary/aromatic N) is 6. The molecule has 0 radical (unpaired) electrons. The normalized spacial score (nSPS) is 14.6. The summed E-state index contributed by atoms with van der Waals surface area (Å²) in [6, 6.07) is 6.77. The number of fused-ring (bicyclic) bond motifs is 2. The monoisotopic (exact) mass is 555 g/mol. The molecule has 1 aliphatic rings. The summed E-state index contributed by atoms with van der Waals surface area (Å²) in [4.78, 5) is 15.4. The SMILES string of the molecule is CN(C)CCCc1nc2c(F)c(-c3ccc(F)c4sc(N)nc34)c(Cl)cc2c(N2CCN(C)CC2)c1C#N. The van der Waals surface area contributed by atoms with Crippen LogP contribution in [0.1, 0.15) is 17.7 Å². The van der Waals surface area contributed by atoms with Crippen molar-refractivity contribution in [1.82, 2.24) is 19.8 Å². The smallest absolute Gasteiger partial charge is 0.181 e. The topological polar surface area (TPSA) is 85.3 Å². The standard InChI is InChI=1S/C27H28ClF2N7S/c1-35(2)8-4-5-20-17(14-31)25(37-11-9-36(3)10-12-37)16-13-18(28)21(22(30)23(16)33-20)15-6-7-19(29)26-24(15)34-27(32)38-26/h6-7,13H,4-5,8-12H2,1-3H3,(H2,32,34). The fourth-order valence-corrected chi connectivity index (χ4v) is 6.08. The summed E-state index contributed by atoms with van der Waals surface area (Å²) in [5.74, 6) is -1.10. The van der Waals surface area contributed by atoms with Crippen molar-refractivity contribution >= 4 is 54.9 Å². The predicted octanol–water partition coefficient (Wildman–Crippen LogP) is 5.14. The predicted molar refractivity (Wildman–Crippen MR) is 151 cm³/mol. The molecule has 7 nitrogen and oxygen atoms in total. The van der Waals surface area contributed by atoms with Crippen molar-refractivity contribution in [3.05, 3.63) is 46.1 Å². The van der Waals surface area contributed by atoms with Crippen LogP contribution in [0, 0.1) is 23.0 Å². The van der Waals surface area contributed by atoms with Crippen molar-refractivity contribution in [1.29, 1.82) is 5.26 Å². The second kappa shape index (κ2) is 10.6. The summed E-state index contributed by atoms with van der Waals surface area (Å²) in [6.45, 7) is 3.83. The number of aromatic nitrogens is 2. The zero-order chi connectivity index (χ0) is 27.1. The Morgan fingerprint density at radius 1 is 1.16 bits per heavy atom. The van der Waals surface area contributed by atoms with E-state index >= 15 is 4.39 Å². The molecule has 1 aliphatic heterocycles. The molecule has 0 saturated carbocycles. The van der Waals surface area contributed by atoms with E-state index < -0.39 is 11.6 Å². The maximum absolute atomic E-state index is 16.5. The lowest BCUT2D eigenvalue weighted by Gasteiger charge is -2.35. The van der Waals surface area contributed by atoms with E-state index in [2.05, 4.69) is 32.8 Å². The van der Waals surface area contributed by atoms with Crippen LogP contribution in [0.2, 0.25) is 5.02 Å². The summed E-state index contributed by atoms with van der Waals surface area (Å²) in [5.41, 5.74) is 8.38. The van der Waals surface area contributed by atoms with Crippen LogP contribution in [0.3, 0.4) is 0 Å². The Balaban J connectivity index is 1.77. The van der Waals surface area contributed by atoms with E-state index in [0.29, 0.717) is 47.4 Å². The van der Waals surface area contributed by atoms with Crippen LogP contribution in [0.15, 0.2) is 18.2 Å². The van der Waals surface area contributed by atoms with E-state index in [0.717, 1.165) is 37.4 Å². The number of hydrogen-bond acceptors (Lipinski definition) is 8. The fraction of sp³-hybridized carbons (Fsp3) is 0.370. The Bertz CT molecular complexity index is 1570. The van der Waals surface area contributed by atoms with Crippen molar-refractivity contribution in [3.63, 3.8) is 0 Å². The van der Waals surface area contributed by atoms with Gasteiger partial charge in [-0.25, -0.2) is 18.7 Å². The average Bonchev–Trinajstić information content (AvgIpc) is 3.28. The highest BCUT2D eigenvalue weighted by molar-refractivity contribution is 7.22. The van der Waals surface area contributed by atoms with Gasteiger partial charge in [0.25, 0.3) is 0 Å². The highest BCUT2D eigenvalue weighted by atomic mass is 35.5. The molecule has 3 heterocycles. The number of rotatable bonds is 6. The number of halogens is 3. The van der Waals surface area contributed by atoms with Gasteiger partial charge in [0, 0.05) is 42.7 Å².